The van der Waals surface area contributed by atoms with E-state index in [0.717, 1.165) is 4.90 Å². The van der Waals surface area contributed by atoms with Gasteiger partial charge in [0.15, 0.2) is 0 Å². The summed E-state index contributed by atoms with van der Waals surface area (Å²) in [5.41, 5.74) is 0.868. The number of carbonyl (C=O) groups excluding carboxylic acids is 3. The van der Waals surface area contributed by atoms with Crippen LogP contribution in [0.5, 0.6) is 5.75 Å². The van der Waals surface area contributed by atoms with Crippen molar-refractivity contribution in [1.29, 1.82) is 5.26 Å². The van der Waals surface area contributed by atoms with E-state index in [4.69, 9.17) is 4.74 Å². The number of hydrogen-bond acceptors (Lipinski definition) is 5. The van der Waals surface area contributed by atoms with Gasteiger partial charge in [0.05, 0.1) is 29.4 Å². The van der Waals surface area contributed by atoms with Gasteiger partial charge in [0.25, 0.3) is 5.91 Å². The molecule has 3 aromatic rings. The third-order valence-corrected chi connectivity index (χ3v) is 6.78. The van der Waals surface area contributed by atoms with Crippen LogP contribution in [0.1, 0.15) is 12.0 Å². The van der Waals surface area contributed by atoms with E-state index < -0.39 is 35.9 Å². The standard InChI is InChI=1S/C25H17FN4O4/c26-15-6-8-17(9-7-15)34-25(33)28-13-16-11-21(28)22-23(31)30(24(32)29(16)22)20-10-5-14(12-27)18-3-1-2-4-19(18)20/h1-10,16,21-22H,11,13H2/t16?,21?,22-/m1/s1. The fourth-order valence-corrected chi connectivity index (χ4v) is 5.33. The SMILES string of the molecule is N#Cc1ccc(N2C(=O)[C@H]3C4CC(CN4C(=O)Oc4ccc(F)cc4)N3C2=O)c2ccccc12. The average molecular weight is 456 g/mol. The molecule has 8 nitrogen and oxygen atoms in total. The van der Waals surface area contributed by atoms with Gasteiger partial charge in [0.2, 0.25) is 0 Å². The molecule has 168 valence electrons. The molecule has 34 heavy (non-hydrogen) atoms. The lowest BCUT2D eigenvalue weighted by Gasteiger charge is -2.34. The molecule has 3 aliphatic rings. The number of amides is 4. The molecule has 0 N–H and O–H groups in total. The van der Waals surface area contributed by atoms with E-state index in [1.165, 1.54) is 29.2 Å². The van der Waals surface area contributed by atoms with Gasteiger partial charge >= 0.3 is 12.1 Å². The Kier molecular flexibility index (Phi) is 4.32. The highest BCUT2D eigenvalue weighted by atomic mass is 19.1. The third kappa shape index (κ3) is 2.78. The van der Waals surface area contributed by atoms with Crippen molar-refractivity contribution in [3.05, 3.63) is 72.0 Å². The zero-order chi connectivity index (χ0) is 23.6. The molecule has 2 bridgehead atoms. The van der Waals surface area contributed by atoms with Crippen LogP contribution in [0, 0.1) is 17.1 Å². The molecule has 3 heterocycles. The fourth-order valence-electron chi connectivity index (χ4n) is 5.33. The molecule has 0 saturated carbocycles. The number of imide groups is 1. The first-order valence-electron chi connectivity index (χ1n) is 10.8. The zero-order valence-electron chi connectivity index (χ0n) is 17.7. The highest BCUT2D eigenvalue weighted by Crippen LogP contribution is 2.44. The molecule has 3 fully saturated rings. The molecule has 6 rings (SSSR count). The number of nitrogens with zero attached hydrogens (tertiary/aromatic N) is 4. The third-order valence-electron chi connectivity index (χ3n) is 6.78. The number of carbonyl (C=O) groups is 3. The van der Waals surface area contributed by atoms with Crippen molar-refractivity contribution >= 4 is 34.5 Å². The van der Waals surface area contributed by atoms with E-state index in [1.54, 1.807) is 41.3 Å². The molecule has 9 heteroatoms. The second-order valence-corrected chi connectivity index (χ2v) is 8.53. The number of anilines is 1. The van der Waals surface area contributed by atoms with E-state index >= 15 is 0 Å². The van der Waals surface area contributed by atoms with Crippen molar-refractivity contribution in [2.45, 2.75) is 24.5 Å². The molecule has 3 aromatic carbocycles. The number of benzene rings is 3. The van der Waals surface area contributed by atoms with Crippen molar-refractivity contribution in [3.63, 3.8) is 0 Å². The van der Waals surface area contributed by atoms with Crippen LogP contribution in [0.3, 0.4) is 0 Å². The Morgan fingerprint density at radius 1 is 1.03 bits per heavy atom. The van der Waals surface area contributed by atoms with Crippen LogP contribution in [0.2, 0.25) is 0 Å². The predicted molar refractivity (Wildman–Crippen MR) is 118 cm³/mol. The Hall–Kier alpha value is -4.45. The number of halogens is 1. The molecule has 3 saturated heterocycles. The summed E-state index contributed by atoms with van der Waals surface area (Å²) in [7, 11) is 0. The summed E-state index contributed by atoms with van der Waals surface area (Å²) in [6.07, 6.45) is -0.149. The van der Waals surface area contributed by atoms with E-state index in [1.807, 2.05) is 0 Å². The van der Waals surface area contributed by atoms with Gasteiger partial charge in [0.1, 0.15) is 17.6 Å². The summed E-state index contributed by atoms with van der Waals surface area (Å²) in [5, 5.41) is 10.7. The van der Waals surface area contributed by atoms with Gasteiger partial charge in [-0.3, -0.25) is 4.79 Å². The van der Waals surface area contributed by atoms with Crippen LogP contribution >= 0.6 is 0 Å². The number of urea groups is 1. The van der Waals surface area contributed by atoms with Crippen LogP contribution in [0.4, 0.5) is 19.7 Å². The summed E-state index contributed by atoms with van der Waals surface area (Å²) in [6.45, 7) is 0.252. The predicted octanol–water partition coefficient (Wildman–Crippen LogP) is 3.64. The second kappa shape index (κ2) is 7.28. The molecular weight excluding hydrogens is 439 g/mol. The Labute approximate surface area is 193 Å². The number of rotatable bonds is 2. The van der Waals surface area contributed by atoms with Crippen molar-refractivity contribution in [2.75, 3.05) is 11.4 Å². The van der Waals surface area contributed by atoms with Crippen molar-refractivity contribution in [3.8, 4) is 11.8 Å². The lowest BCUT2D eigenvalue weighted by atomic mass is 10.0. The number of piperazine rings is 1. The molecule has 2 unspecified atom stereocenters. The van der Waals surface area contributed by atoms with Gasteiger partial charge in [-0.05, 0) is 42.8 Å². The fraction of sp³-hybridized carbons (Fsp3) is 0.200. The van der Waals surface area contributed by atoms with Gasteiger partial charge in [-0.15, -0.1) is 0 Å². The normalized spacial score (nSPS) is 22.9. The highest BCUT2D eigenvalue weighted by molar-refractivity contribution is 6.25. The number of fused-ring (bicyclic) bond motifs is 6. The summed E-state index contributed by atoms with van der Waals surface area (Å²) in [5.74, 6) is -0.654. The minimum Gasteiger partial charge on any atom is -0.410 e. The number of hydrogen-bond donors (Lipinski definition) is 0. The van der Waals surface area contributed by atoms with E-state index in [0.29, 0.717) is 28.4 Å². The minimum absolute atomic E-state index is 0.200. The van der Waals surface area contributed by atoms with Crippen LogP contribution in [-0.2, 0) is 4.79 Å². The van der Waals surface area contributed by atoms with Crippen molar-refractivity contribution in [2.24, 2.45) is 0 Å². The van der Waals surface area contributed by atoms with E-state index in [2.05, 4.69) is 6.07 Å². The van der Waals surface area contributed by atoms with Gasteiger partial charge in [-0.1, -0.05) is 24.3 Å². The van der Waals surface area contributed by atoms with Crippen LogP contribution in [0.25, 0.3) is 10.8 Å². The van der Waals surface area contributed by atoms with E-state index in [-0.39, 0.29) is 18.3 Å². The average Bonchev–Trinajstić information content (AvgIpc) is 3.51. The maximum absolute atomic E-state index is 13.5. The first-order valence-corrected chi connectivity index (χ1v) is 10.8. The zero-order valence-corrected chi connectivity index (χ0v) is 17.7. The first-order chi connectivity index (χ1) is 16.5. The molecule has 3 atom stereocenters. The maximum Gasteiger partial charge on any atom is 0.415 e. The highest BCUT2D eigenvalue weighted by Gasteiger charge is 2.63. The van der Waals surface area contributed by atoms with Crippen LogP contribution in [-0.4, -0.2) is 52.5 Å². The maximum atomic E-state index is 13.5. The Morgan fingerprint density at radius 2 is 1.76 bits per heavy atom. The smallest absolute Gasteiger partial charge is 0.410 e. The minimum atomic E-state index is -0.804. The second-order valence-electron chi connectivity index (χ2n) is 8.53. The van der Waals surface area contributed by atoms with Gasteiger partial charge in [-0.2, -0.15) is 5.26 Å². The number of ether oxygens (including phenoxy) is 1. The quantitative estimate of drug-likeness (QED) is 0.549. The van der Waals surface area contributed by atoms with Crippen LogP contribution in [0.15, 0.2) is 60.7 Å². The molecular formula is C25H17FN4O4. The lowest BCUT2D eigenvalue weighted by Crippen LogP contribution is -2.55. The Bertz CT molecular complexity index is 1420. The largest absolute Gasteiger partial charge is 0.415 e. The molecule has 4 amide bonds. The monoisotopic (exact) mass is 456 g/mol. The molecule has 0 spiro atoms. The lowest BCUT2D eigenvalue weighted by molar-refractivity contribution is -0.121. The summed E-state index contributed by atoms with van der Waals surface area (Å²) < 4.78 is 18.5. The molecule has 0 radical (unpaired) electrons. The number of likely N-dealkylation sites (tertiary alicyclic amines) is 1. The topological polar surface area (TPSA) is 93.9 Å². The van der Waals surface area contributed by atoms with Crippen molar-refractivity contribution < 1.29 is 23.5 Å². The first kappa shape index (κ1) is 20.2. The van der Waals surface area contributed by atoms with Gasteiger partial charge in [0, 0.05) is 17.3 Å². The molecule has 3 aliphatic heterocycles. The van der Waals surface area contributed by atoms with Gasteiger partial charge in [-0.25, -0.2) is 18.9 Å². The molecule has 0 aliphatic carbocycles. The summed E-state index contributed by atoms with van der Waals surface area (Å²) >= 11 is 0. The Morgan fingerprint density at radius 3 is 2.50 bits per heavy atom. The Balaban J connectivity index is 1.31. The van der Waals surface area contributed by atoms with E-state index in [9.17, 15) is 24.0 Å². The van der Waals surface area contributed by atoms with Crippen molar-refractivity contribution in [1.82, 2.24) is 9.80 Å². The summed E-state index contributed by atoms with van der Waals surface area (Å²) in [4.78, 5) is 43.9. The van der Waals surface area contributed by atoms with Crippen LogP contribution < -0.4 is 9.64 Å². The number of nitriles is 1. The summed E-state index contributed by atoms with van der Waals surface area (Å²) in [6, 6.07) is 15.5. The van der Waals surface area contributed by atoms with Gasteiger partial charge < -0.3 is 14.5 Å². The molecule has 0 aromatic heterocycles.